The largest absolute Gasteiger partial charge is 0.496 e. The lowest BCUT2D eigenvalue weighted by Crippen LogP contribution is -2.16. The average molecular weight is 325 g/mol. The smallest absolute Gasteiger partial charge is 0.133 e. The van der Waals surface area contributed by atoms with Gasteiger partial charge in [0, 0.05) is 6.54 Å². The fourth-order valence-electron chi connectivity index (χ4n) is 1.77. The first-order valence-corrected chi connectivity index (χ1v) is 6.99. The second kappa shape index (κ2) is 6.68. The highest BCUT2D eigenvalue weighted by Gasteiger charge is 2.08. The second-order valence-corrected chi connectivity index (χ2v) is 4.99. The Kier molecular flexibility index (Phi) is 4.93. The zero-order valence-electron chi connectivity index (χ0n) is 11.1. The number of aromatic nitrogens is 3. The summed E-state index contributed by atoms with van der Waals surface area (Å²) in [5.74, 6) is 0.800. The minimum Gasteiger partial charge on any atom is -0.496 e. The number of methoxy groups -OCH3 is 1. The molecular formula is C13H17BrN4O. The molecule has 6 heteroatoms. The quantitative estimate of drug-likeness (QED) is 0.830. The lowest BCUT2D eigenvalue weighted by atomic mass is 10.3. The van der Waals surface area contributed by atoms with E-state index < -0.39 is 0 Å². The van der Waals surface area contributed by atoms with E-state index in [9.17, 15) is 0 Å². The number of hydrogen-bond donors (Lipinski definition) is 1. The van der Waals surface area contributed by atoms with Crippen molar-refractivity contribution in [2.24, 2.45) is 0 Å². The molecule has 1 aromatic heterocycles. The van der Waals surface area contributed by atoms with Gasteiger partial charge in [0.25, 0.3) is 0 Å². The van der Waals surface area contributed by atoms with Crippen LogP contribution in [0.5, 0.6) is 5.75 Å². The monoisotopic (exact) mass is 324 g/mol. The minimum absolute atomic E-state index is 0.754. The highest BCUT2D eigenvalue weighted by atomic mass is 79.9. The molecule has 0 fully saturated rings. The Labute approximate surface area is 121 Å². The van der Waals surface area contributed by atoms with Gasteiger partial charge in [-0.05, 0) is 47.1 Å². The maximum atomic E-state index is 5.22. The van der Waals surface area contributed by atoms with E-state index in [1.807, 2.05) is 22.9 Å². The standard InChI is InChI=1S/C13H17BrN4O/c1-3-6-15-8-11-9-16-17-18(11)10-4-5-13(19-2)12(14)7-10/h4-5,7,9,15H,3,6,8H2,1-2H3. The van der Waals surface area contributed by atoms with Crippen LogP contribution in [0, 0.1) is 0 Å². The molecule has 2 rings (SSSR count). The van der Waals surface area contributed by atoms with Crippen LogP contribution in [0.1, 0.15) is 19.0 Å². The van der Waals surface area contributed by atoms with Gasteiger partial charge in [0.05, 0.1) is 29.2 Å². The lowest BCUT2D eigenvalue weighted by Gasteiger charge is -2.09. The second-order valence-electron chi connectivity index (χ2n) is 4.13. The SMILES string of the molecule is CCCNCc1cnnn1-c1ccc(OC)c(Br)c1. The summed E-state index contributed by atoms with van der Waals surface area (Å²) in [4.78, 5) is 0. The molecule has 0 aliphatic carbocycles. The van der Waals surface area contributed by atoms with E-state index in [-0.39, 0.29) is 0 Å². The van der Waals surface area contributed by atoms with Crippen molar-refractivity contribution in [2.75, 3.05) is 13.7 Å². The minimum atomic E-state index is 0.754. The number of rotatable bonds is 6. The first-order valence-electron chi connectivity index (χ1n) is 6.20. The molecule has 2 aromatic rings. The highest BCUT2D eigenvalue weighted by molar-refractivity contribution is 9.10. The maximum absolute atomic E-state index is 5.22. The van der Waals surface area contributed by atoms with Crippen LogP contribution in [0.15, 0.2) is 28.9 Å². The molecule has 0 radical (unpaired) electrons. The third-order valence-corrected chi connectivity index (χ3v) is 3.35. The Morgan fingerprint density at radius 2 is 2.26 bits per heavy atom. The van der Waals surface area contributed by atoms with Gasteiger partial charge in [0.2, 0.25) is 0 Å². The Morgan fingerprint density at radius 1 is 1.42 bits per heavy atom. The van der Waals surface area contributed by atoms with E-state index in [1.165, 1.54) is 0 Å². The van der Waals surface area contributed by atoms with Gasteiger partial charge in [-0.25, -0.2) is 4.68 Å². The molecule has 102 valence electrons. The Balaban J connectivity index is 2.22. The summed E-state index contributed by atoms with van der Waals surface area (Å²) in [7, 11) is 1.65. The van der Waals surface area contributed by atoms with Gasteiger partial charge in [0.1, 0.15) is 5.75 Å². The van der Waals surface area contributed by atoms with Crippen LogP contribution in [0.4, 0.5) is 0 Å². The van der Waals surface area contributed by atoms with E-state index in [0.29, 0.717) is 0 Å². The first kappa shape index (κ1) is 14.0. The van der Waals surface area contributed by atoms with Gasteiger partial charge >= 0.3 is 0 Å². The Bertz CT molecular complexity index is 541. The molecule has 0 spiro atoms. The van der Waals surface area contributed by atoms with Crippen molar-refractivity contribution in [1.29, 1.82) is 0 Å². The molecule has 0 atom stereocenters. The molecule has 19 heavy (non-hydrogen) atoms. The van der Waals surface area contributed by atoms with Crippen molar-refractivity contribution in [3.05, 3.63) is 34.6 Å². The summed E-state index contributed by atoms with van der Waals surface area (Å²) in [6.45, 7) is 3.88. The topological polar surface area (TPSA) is 52.0 Å². The number of hydrogen-bond acceptors (Lipinski definition) is 4. The van der Waals surface area contributed by atoms with Crippen LogP contribution in [-0.4, -0.2) is 28.6 Å². The number of nitrogens with one attached hydrogen (secondary N) is 1. The number of nitrogens with zero attached hydrogens (tertiary/aromatic N) is 3. The van der Waals surface area contributed by atoms with Crippen LogP contribution in [0.3, 0.4) is 0 Å². The highest BCUT2D eigenvalue weighted by Crippen LogP contribution is 2.27. The van der Waals surface area contributed by atoms with Crippen LogP contribution in [0.2, 0.25) is 0 Å². The number of ether oxygens (including phenoxy) is 1. The van der Waals surface area contributed by atoms with Gasteiger partial charge in [-0.3, -0.25) is 0 Å². The van der Waals surface area contributed by atoms with Crippen molar-refractivity contribution in [3.8, 4) is 11.4 Å². The summed E-state index contributed by atoms with van der Waals surface area (Å²) >= 11 is 3.48. The van der Waals surface area contributed by atoms with Gasteiger partial charge in [-0.15, -0.1) is 5.10 Å². The number of halogens is 1. The zero-order chi connectivity index (χ0) is 13.7. The van der Waals surface area contributed by atoms with E-state index in [4.69, 9.17) is 4.74 Å². The Hall–Kier alpha value is -1.40. The molecular weight excluding hydrogens is 308 g/mol. The van der Waals surface area contributed by atoms with Gasteiger partial charge in [0.15, 0.2) is 0 Å². The molecule has 0 amide bonds. The predicted octanol–water partition coefficient (Wildman–Crippen LogP) is 2.54. The van der Waals surface area contributed by atoms with Crippen molar-refractivity contribution in [2.45, 2.75) is 19.9 Å². The Morgan fingerprint density at radius 3 is 2.95 bits per heavy atom. The summed E-state index contributed by atoms with van der Waals surface area (Å²) in [5.41, 5.74) is 1.99. The molecule has 1 N–H and O–H groups in total. The normalized spacial score (nSPS) is 10.7. The summed E-state index contributed by atoms with van der Waals surface area (Å²) in [5, 5.41) is 11.5. The summed E-state index contributed by atoms with van der Waals surface area (Å²) in [6.07, 6.45) is 2.89. The lowest BCUT2D eigenvalue weighted by molar-refractivity contribution is 0.412. The van der Waals surface area contributed by atoms with Crippen LogP contribution in [0.25, 0.3) is 5.69 Å². The fraction of sp³-hybridized carbons (Fsp3) is 0.385. The van der Waals surface area contributed by atoms with Crippen LogP contribution >= 0.6 is 15.9 Å². The molecule has 0 saturated carbocycles. The molecule has 0 bridgehead atoms. The molecule has 1 aromatic carbocycles. The molecule has 0 aliphatic rings. The van der Waals surface area contributed by atoms with Crippen LogP contribution < -0.4 is 10.1 Å². The van der Waals surface area contributed by atoms with E-state index >= 15 is 0 Å². The van der Waals surface area contributed by atoms with Gasteiger partial charge in [-0.2, -0.15) is 0 Å². The zero-order valence-corrected chi connectivity index (χ0v) is 12.6. The van der Waals surface area contributed by atoms with Crippen LogP contribution in [-0.2, 0) is 6.54 Å². The van der Waals surface area contributed by atoms with Crippen molar-refractivity contribution >= 4 is 15.9 Å². The first-order chi connectivity index (χ1) is 9.26. The third-order valence-electron chi connectivity index (χ3n) is 2.73. The molecule has 0 unspecified atom stereocenters. The average Bonchev–Trinajstić information content (AvgIpc) is 2.87. The fourth-order valence-corrected chi connectivity index (χ4v) is 2.30. The van der Waals surface area contributed by atoms with E-state index in [0.717, 1.165) is 41.1 Å². The molecule has 1 heterocycles. The summed E-state index contributed by atoms with van der Waals surface area (Å²) < 4.78 is 7.95. The van der Waals surface area contributed by atoms with Crippen molar-refractivity contribution in [1.82, 2.24) is 20.3 Å². The van der Waals surface area contributed by atoms with Gasteiger partial charge < -0.3 is 10.1 Å². The maximum Gasteiger partial charge on any atom is 0.133 e. The molecule has 0 aliphatic heterocycles. The van der Waals surface area contributed by atoms with Crippen molar-refractivity contribution < 1.29 is 4.74 Å². The van der Waals surface area contributed by atoms with E-state index in [2.05, 4.69) is 38.5 Å². The van der Waals surface area contributed by atoms with Crippen molar-refractivity contribution in [3.63, 3.8) is 0 Å². The summed E-state index contributed by atoms with van der Waals surface area (Å²) in [6, 6.07) is 5.84. The van der Waals surface area contributed by atoms with E-state index in [1.54, 1.807) is 13.3 Å². The predicted molar refractivity (Wildman–Crippen MR) is 77.6 cm³/mol. The third kappa shape index (κ3) is 3.33. The van der Waals surface area contributed by atoms with Gasteiger partial charge in [-0.1, -0.05) is 12.1 Å². The number of benzene rings is 1. The molecule has 0 saturated heterocycles. The molecule has 5 nitrogen and oxygen atoms in total.